The van der Waals surface area contributed by atoms with E-state index in [9.17, 15) is 0 Å². The third-order valence-corrected chi connectivity index (χ3v) is 6.92. The van der Waals surface area contributed by atoms with Gasteiger partial charge in [0.25, 0.3) is 0 Å². The number of likely N-dealkylation sites (tertiary alicyclic amines) is 2. The Balaban J connectivity index is 1.19. The molecule has 2 unspecified atom stereocenters. The SMILES string of the molecule is CN=C(NCc1ccnc(-n2cccn2)c1)N1CCC2C(CCCN2Cc2ccccc2)C1. The predicted molar refractivity (Wildman–Crippen MR) is 131 cm³/mol. The summed E-state index contributed by atoms with van der Waals surface area (Å²) in [5.74, 6) is 2.52. The average molecular weight is 444 g/mol. The Morgan fingerprint density at radius 3 is 2.79 bits per heavy atom. The molecule has 7 nitrogen and oxygen atoms in total. The topological polar surface area (TPSA) is 61.6 Å². The zero-order valence-corrected chi connectivity index (χ0v) is 19.3. The minimum atomic E-state index is 0.671. The van der Waals surface area contributed by atoms with Crippen molar-refractivity contribution >= 4 is 5.96 Å². The molecule has 2 aromatic heterocycles. The van der Waals surface area contributed by atoms with E-state index < -0.39 is 0 Å². The average Bonchev–Trinajstić information content (AvgIpc) is 3.41. The number of hydrogen-bond donors (Lipinski definition) is 1. The van der Waals surface area contributed by atoms with Gasteiger partial charge < -0.3 is 10.2 Å². The molecule has 2 aliphatic rings. The molecule has 4 heterocycles. The minimum absolute atomic E-state index is 0.671. The number of rotatable bonds is 5. The lowest BCUT2D eigenvalue weighted by Crippen LogP contribution is -2.56. The van der Waals surface area contributed by atoms with E-state index in [1.54, 1.807) is 10.9 Å². The zero-order chi connectivity index (χ0) is 22.5. The molecule has 1 aromatic carbocycles. The number of guanidine groups is 1. The molecule has 5 rings (SSSR count). The first kappa shape index (κ1) is 21.6. The van der Waals surface area contributed by atoms with Crippen LogP contribution in [-0.4, -0.2) is 63.2 Å². The fourth-order valence-corrected chi connectivity index (χ4v) is 5.33. The number of piperidine rings is 2. The van der Waals surface area contributed by atoms with Crippen LogP contribution >= 0.6 is 0 Å². The fraction of sp³-hybridized carbons (Fsp3) is 0.423. The predicted octanol–water partition coefficient (Wildman–Crippen LogP) is 3.33. The van der Waals surface area contributed by atoms with E-state index in [4.69, 9.17) is 0 Å². The highest BCUT2D eigenvalue weighted by Gasteiger charge is 2.36. The van der Waals surface area contributed by atoms with Gasteiger partial charge in [0.2, 0.25) is 0 Å². The summed E-state index contributed by atoms with van der Waals surface area (Å²) in [5, 5.41) is 7.86. The van der Waals surface area contributed by atoms with Gasteiger partial charge >= 0.3 is 0 Å². The van der Waals surface area contributed by atoms with Gasteiger partial charge in [0.1, 0.15) is 0 Å². The molecule has 2 aliphatic heterocycles. The van der Waals surface area contributed by atoms with E-state index in [1.807, 2.05) is 31.6 Å². The molecule has 2 saturated heterocycles. The highest BCUT2D eigenvalue weighted by Crippen LogP contribution is 2.31. The van der Waals surface area contributed by atoms with Crippen molar-refractivity contribution in [1.29, 1.82) is 0 Å². The van der Waals surface area contributed by atoms with Gasteiger partial charge in [0.05, 0.1) is 0 Å². The lowest BCUT2D eigenvalue weighted by molar-refractivity contribution is 0.0372. The highest BCUT2D eigenvalue weighted by molar-refractivity contribution is 5.80. The van der Waals surface area contributed by atoms with E-state index in [-0.39, 0.29) is 0 Å². The molecule has 0 saturated carbocycles. The van der Waals surface area contributed by atoms with Crippen molar-refractivity contribution in [2.45, 2.75) is 38.4 Å². The fourth-order valence-electron chi connectivity index (χ4n) is 5.33. The first-order chi connectivity index (χ1) is 16.3. The van der Waals surface area contributed by atoms with Gasteiger partial charge in [-0.25, -0.2) is 9.67 Å². The van der Waals surface area contributed by atoms with Crippen LogP contribution in [0.1, 0.15) is 30.4 Å². The van der Waals surface area contributed by atoms with Crippen molar-refractivity contribution in [2.75, 3.05) is 26.7 Å². The number of aromatic nitrogens is 3. The van der Waals surface area contributed by atoms with Crippen LogP contribution in [0.2, 0.25) is 0 Å². The van der Waals surface area contributed by atoms with Crippen LogP contribution < -0.4 is 5.32 Å². The lowest BCUT2D eigenvalue weighted by atomic mass is 9.83. The van der Waals surface area contributed by atoms with Crippen LogP contribution in [-0.2, 0) is 13.1 Å². The molecular weight excluding hydrogens is 410 g/mol. The van der Waals surface area contributed by atoms with E-state index in [2.05, 4.69) is 66.6 Å². The van der Waals surface area contributed by atoms with Crippen LogP contribution in [0, 0.1) is 5.92 Å². The first-order valence-electron chi connectivity index (χ1n) is 12.0. The summed E-state index contributed by atoms with van der Waals surface area (Å²) in [4.78, 5) is 14.2. The number of aliphatic imine (C=N–C) groups is 1. The van der Waals surface area contributed by atoms with Gasteiger partial charge in [-0.2, -0.15) is 5.10 Å². The Labute approximate surface area is 196 Å². The molecule has 0 bridgehead atoms. The van der Waals surface area contributed by atoms with Gasteiger partial charge in [-0.15, -0.1) is 0 Å². The Kier molecular flexibility index (Phi) is 6.67. The molecule has 33 heavy (non-hydrogen) atoms. The molecule has 3 aromatic rings. The quantitative estimate of drug-likeness (QED) is 0.484. The van der Waals surface area contributed by atoms with Crippen molar-refractivity contribution in [3.8, 4) is 5.82 Å². The maximum absolute atomic E-state index is 4.61. The summed E-state index contributed by atoms with van der Waals surface area (Å²) >= 11 is 0. The second-order valence-electron chi connectivity index (χ2n) is 9.03. The normalized spacial score (nSPS) is 21.6. The Bertz CT molecular complexity index is 1050. The van der Waals surface area contributed by atoms with Crippen molar-refractivity contribution in [2.24, 2.45) is 10.9 Å². The monoisotopic (exact) mass is 443 g/mol. The summed E-state index contributed by atoms with van der Waals surface area (Å²) < 4.78 is 1.79. The Morgan fingerprint density at radius 1 is 1.06 bits per heavy atom. The smallest absolute Gasteiger partial charge is 0.193 e. The van der Waals surface area contributed by atoms with Crippen molar-refractivity contribution in [1.82, 2.24) is 29.9 Å². The van der Waals surface area contributed by atoms with Crippen LogP contribution in [0.25, 0.3) is 5.82 Å². The van der Waals surface area contributed by atoms with Crippen molar-refractivity contribution < 1.29 is 0 Å². The molecular formula is C26H33N7. The van der Waals surface area contributed by atoms with Gasteiger partial charge in [0.15, 0.2) is 11.8 Å². The number of hydrogen-bond acceptors (Lipinski definition) is 4. The number of pyridine rings is 1. The third-order valence-electron chi connectivity index (χ3n) is 6.92. The summed E-state index contributed by atoms with van der Waals surface area (Å²) in [6.07, 6.45) is 9.29. The van der Waals surface area contributed by atoms with E-state index in [0.717, 1.165) is 31.4 Å². The van der Waals surface area contributed by atoms with Gasteiger partial charge in [0, 0.05) is 57.9 Å². The van der Waals surface area contributed by atoms with Crippen molar-refractivity contribution in [3.63, 3.8) is 0 Å². The van der Waals surface area contributed by atoms with Gasteiger partial charge in [-0.1, -0.05) is 30.3 Å². The van der Waals surface area contributed by atoms with Crippen LogP contribution in [0.4, 0.5) is 0 Å². The summed E-state index contributed by atoms with van der Waals surface area (Å²) in [7, 11) is 1.89. The number of nitrogens with zero attached hydrogens (tertiary/aromatic N) is 6. The summed E-state index contributed by atoms with van der Waals surface area (Å²) in [6.45, 7) is 5.11. The number of fused-ring (bicyclic) bond motifs is 1. The molecule has 1 N–H and O–H groups in total. The van der Waals surface area contributed by atoms with E-state index in [1.165, 1.54) is 36.9 Å². The van der Waals surface area contributed by atoms with Crippen LogP contribution in [0.3, 0.4) is 0 Å². The largest absolute Gasteiger partial charge is 0.352 e. The zero-order valence-electron chi connectivity index (χ0n) is 19.3. The standard InChI is InChI=1S/C26H33N7/c1-27-26(29-18-22-10-13-28-25(17-22)33-15-6-12-30-33)32-16-11-24-23(20-32)9-5-14-31(24)19-21-7-3-2-4-8-21/h2-4,6-8,10,12-13,15,17,23-24H,5,9,11,14,16,18-20H2,1H3,(H,27,29). The molecule has 172 valence electrons. The van der Waals surface area contributed by atoms with Gasteiger partial charge in [-0.05, 0) is 61.1 Å². The second-order valence-corrected chi connectivity index (χ2v) is 9.03. The molecule has 2 fully saturated rings. The molecule has 0 aliphatic carbocycles. The maximum atomic E-state index is 4.61. The van der Waals surface area contributed by atoms with Gasteiger partial charge in [-0.3, -0.25) is 9.89 Å². The van der Waals surface area contributed by atoms with Crippen LogP contribution in [0.15, 0.2) is 72.1 Å². The summed E-state index contributed by atoms with van der Waals surface area (Å²) in [6, 6.07) is 17.6. The van der Waals surface area contributed by atoms with E-state index in [0.29, 0.717) is 18.5 Å². The number of benzene rings is 1. The number of nitrogens with one attached hydrogen (secondary N) is 1. The minimum Gasteiger partial charge on any atom is -0.352 e. The molecule has 0 amide bonds. The second kappa shape index (κ2) is 10.2. The molecule has 7 heteroatoms. The third kappa shape index (κ3) is 5.09. The maximum Gasteiger partial charge on any atom is 0.193 e. The molecule has 0 spiro atoms. The first-order valence-corrected chi connectivity index (χ1v) is 12.0. The summed E-state index contributed by atoms with van der Waals surface area (Å²) in [5.41, 5.74) is 2.59. The van der Waals surface area contributed by atoms with E-state index >= 15 is 0 Å². The Hall–Kier alpha value is -3.19. The van der Waals surface area contributed by atoms with Crippen molar-refractivity contribution in [3.05, 3.63) is 78.2 Å². The molecule has 0 radical (unpaired) electrons. The molecule has 2 atom stereocenters. The van der Waals surface area contributed by atoms with Crippen LogP contribution in [0.5, 0.6) is 0 Å². The lowest BCUT2D eigenvalue weighted by Gasteiger charge is -2.48. The Morgan fingerprint density at radius 2 is 1.97 bits per heavy atom. The highest BCUT2D eigenvalue weighted by atomic mass is 15.3.